The molecule has 3 amide bonds. The van der Waals surface area contributed by atoms with Crippen molar-refractivity contribution in [3.8, 4) is 5.75 Å². The number of carbonyl (C=O) groups excluding carboxylic acids is 2. The van der Waals surface area contributed by atoms with Crippen LogP contribution in [0.1, 0.15) is 44.9 Å². The number of benzene rings is 1. The number of ether oxygens (including phenoxy) is 1. The molecule has 0 bridgehead atoms. The monoisotopic (exact) mass is 485 g/mol. The molecular formula is C20H28IN3O3. The maximum Gasteiger partial charge on any atom is 0.315 e. The molecule has 2 fully saturated rings. The van der Waals surface area contributed by atoms with Gasteiger partial charge in [0.05, 0.1) is 0 Å². The summed E-state index contributed by atoms with van der Waals surface area (Å²) in [5, 5.41) is 6.16. The van der Waals surface area contributed by atoms with Crippen LogP contribution in [0.15, 0.2) is 24.3 Å². The molecule has 0 spiro atoms. The van der Waals surface area contributed by atoms with Gasteiger partial charge in [-0.2, -0.15) is 0 Å². The van der Waals surface area contributed by atoms with E-state index in [0.29, 0.717) is 24.9 Å². The molecule has 27 heavy (non-hydrogen) atoms. The summed E-state index contributed by atoms with van der Waals surface area (Å²) in [5.41, 5.74) is 0. The zero-order chi connectivity index (χ0) is 19.1. The van der Waals surface area contributed by atoms with E-state index in [1.165, 1.54) is 19.3 Å². The topological polar surface area (TPSA) is 70.7 Å². The first-order chi connectivity index (χ1) is 13.1. The molecule has 1 aromatic carbocycles. The fourth-order valence-corrected chi connectivity index (χ4v) is 4.06. The Labute approximate surface area is 174 Å². The van der Waals surface area contributed by atoms with Gasteiger partial charge in [-0.1, -0.05) is 19.3 Å². The number of urea groups is 1. The Morgan fingerprint density at radius 1 is 0.963 bits per heavy atom. The summed E-state index contributed by atoms with van der Waals surface area (Å²) in [6.07, 6.45) is 7.42. The molecule has 7 heteroatoms. The number of hydrogen-bond acceptors (Lipinski definition) is 3. The van der Waals surface area contributed by atoms with Crippen LogP contribution < -0.4 is 15.4 Å². The largest absolute Gasteiger partial charge is 0.484 e. The minimum absolute atomic E-state index is 0.00124. The number of nitrogens with one attached hydrogen (secondary N) is 2. The van der Waals surface area contributed by atoms with Gasteiger partial charge in [-0.05, 0) is 72.5 Å². The van der Waals surface area contributed by atoms with Crippen LogP contribution in [0.2, 0.25) is 0 Å². The van der Waals surface area contributed by atoms with E-state index in [0.717, 1.165) is 29.3 Å². The van der Waals surface area contributed by atoms with Crippen LogP contribution in [0, 0.1) is 3.57 Å². The highest BCUT2D eigenvalue weighted by atomic mass is 127. The second-order valence-electron chi connectivity index (χ2n) is 7.35. The van der Waals surface area contributed by atoms with E-state index in [2.05, 4.69) is 33.2 Å². The van der Waals surface area contributed by atoms with Gasteiger partial charge in [0.25, 0.3) is 5.91 Å². The lowest BCUT2D eigenvalue weighted by molar-refractivity contribution is -0.134. The molecular weight excluding hydrogens is 457 g/mol. The average molecular weight is 485 g/mol. The van der Waals surface area contributed by atoms with Gasteiger partial charge in [0.2, 0.25) is 0 Å². The van der Waals surface area contributed by atoms with Crippen molar-refractivity contribution in [2.75, 3.05) is 19.7 Å². The lowest BCUT2D eigenvalue weighted by atomic mass is 9.96. The van der Waals surface area contributed by atoms with Crippen molar-refractivity contribution in [2.24, 2.45) is 0 Å². The van der Waals surface area contributed by atoms with Gasteiger partial charge in [0.15, 0.2) is 6.61 Å². The number of carbonyl (C=O) groups is 2. The van der Waals surface area contributed by atoms with Crippen LogP contribution in [0.5, 0.6) is 5.75 Å². The van der Waals surface area contributed by atoms with Gasteiger partial charge in [0, 0.05) is 28.7 Å². The van der Waals surface area contributed by atoms with Crippen LogP contribution >= 0.6 is 22.6 Å². The van der Waals surface area contributed by atoms with E-state index in [1.807, 2.05) is 29.2 Å². The van der Waals surface area contributed by atoms with Crippen molar-refractivity contribution in [3.05, 3.63) is 27.8 Å². The number of likely N-dealkylation sites (tertiary alicyclic amines) is 1. The Bertz CT molecular complexity index is 624. The Hall–Kier alpha value is -1.51. The molecule has 1 aromatic rings. The molecule has 1 saturated carbocycles. The van der Waals surface area contributed by atoms with E-state index in [-0.39, 0.29) is 24.6 Å². The van der Waals surface area contributed by atoms with Crippen molar-refractivity contribution < 1.29 is 14.3 Å². The summed E-state index contributed by atoms with van der Waals surface area (Å²) >= 11 is 2.23. The molecule has 2 N–H and O–H groups in total. The smallest absolute Gasteiger partial charge is 0.315 e. The SMILES string of the molecule is O=C(NC1CCCCC1)NC1CCN(C(=O)COc2ccc(I)cc2)CC1. The molecule has 6 nitrogen and oxygen atoms in total. The number of rotatable bonds is 5. The zero-order valence-electron chi connectivity index (χ0n) is 15.6. The highest BCUT2D eigenvalue weighted by Gasteiger charge is 2.25. The molecule has 0 unspecified atom stereocenters. The minimum atomic E-state index is -0.0614. The van der Waals surface area contributed by atoms with Gasteiger partial charge in [0.1, 0.15) is 5.75 Å². The molecule has 3 rings (SSSR count). The molecule has 0 atom stereocenters. The van der Waals surface area contributed by atoms with Crippen LogP contribution in [-0.4, -0.2) is 48.6 Å². The van der Waals surface area contributed by atoms with Gasteiger partial charge in [-0.15, -0.1) is 0 Å². The standard InChI is InChI=1S/C20H28IN3O3/c21-15-6-8-18(9-7-15)27-14-19(25)24-12-10-17(11-13-24)23-20(26)22-16-4-2-1-3-5-16/h6-9,16-17H,1-5,10-14H2,(H2,22,23,26). The molecule has 1 aliphatic carbocycles. The quantitative estimate of drug-likeness (QED) is 0.629. The second-order valence-corrected chi connectivity index (χ2v) is 8.60. The maximum atomic E-state index is 12.3. The van der Waals surface area contributed by atoms with Crippen molar-refractivity contribution in [3.63, 3.8) is 0 Å². The summed E-state index contributed by atoms with van der Waals surface area (Å²) in [6.45, 7) is 1.37. The molecule has 0 aromatic heterocycles. The van der Waals surface area contributed by atoms with Crippen molar-refractivity contribution >= 4 is 34.5 Å². The van der Waals surface area contributed by atoms with Crippen LogP contribution in [0.25, 0.3) is 0 Å². The number of nitrogens with zero attached hydrogens (tertiary/aromatic N) is 1. The fourth-order valence-electron chi connectivity index (χ4n) is 3.70. The van der Waals surface area contributed by atoms with Gasteiger partial charge < -0.3 is 20.3 Å². The molecule has 1 saturated heterocycles. The Morgan fingerprint density at radius 2 is 1.56 bits per heavy atom. The third-order valence-electron chi connectivity index (χ3n) is 5.30. The Balaban J connectivity index is 1.34. The number of hydrogen-bond donors (Lipinski definition) is 2. The van der Waals surface area contributed by atoms with Crippen LogP contribution in [0.4, 0.5) is 4.79 Å². The number of piperidine rings is 1. The van der Waals surface area contributed by atoms with Crippen molar-refractivity contribution in [2.45, 2.75) is 57.0 Å². The summed E-state index contributed by atoms with van der Waals surface area (Å²) in [6, 6.07) is 8.04. The van der Waals surface area contributed by atoms with Crippen molar-refractivity contribution in [1.29, 1.82) is 0 Å². The van der Waals surface area contributed by atoms with E-state index in [1.54, 1.807) is 0 Å². The van der Waals surface area contributed by atoms with Crippen molar-refractivity contribution in [1.82, 2.24) is 15.5 Å². The first-order valence-electron chi connectivity index (χ1n) is 9.83. The number of halogens is 1. The molecule has 1 heterocycles. The predicted octanol–water partition coefficient (Wildman–Crippen LogP) is 3.29. The second kappa shape index (κ2) is 10.1. The highest BCUT2D eigenvalue weighted by molar-refractivity contribution is 14.1. The minimum Gasteiger partial charge on any atom is -0.484 e. The van der Waals surface area contributed by atoms with Crippen LogP contribution in [-0.2, 0) is 4.79 Å². The molecule has 148 valence electrons. The first kappa shape index (κ1) is 20.2. The van der Waals surface area contributed by atoms with Gasteiger partial charge >= 0.3 is 6.03 Å². The third kappa shape index (κ3) is 6.55. The first-order valence-corrected chi connectivity index (χ1v) is 10.9. The van der Waals surface area contributed by atoms with Crippen LogP contribution in [0.3, 0.4) is 0 Å². The summed E-state index contributed by atoms with van der Waals surface area (Å²) in [7, 11) is 0. The summed E-state index contributed by atoms with van der Waals surface area (Å²) in [4.78, 5) is 26.3. The van der Waals surface area contributed by atoms with Gasteiger partial charge in [-0.25, -0.2) is 4.79 Å². The normalized spacial score (nSPS) is 18.8. The lowest BCUT2D eigenvalue weighted by Crippen LogP contribution is -2.51. The third-order valence-corrected chi connectivity index (χ3v) is 6.02. The Kier molecular flexibility index (Phi) is 7.60. The van der Waals surface area contributed by atoms with E-state index in [4.69, 9.17) is 4.74 Å². The molecule has 2 aliphatic rings. The van der Waals surface area contributed by atoms with E-state index in [9.17, 15) is 9.59 Å². The summed E-state index contributed by atoms with van der Waals surface area (Å²) < 4.78 is 6.71. The van der Waals surface area contributed by atoms with E-state index < -0.39 is 0 Å². The molecule has 0 radical (unpaired) electrons. The average Bonchev–Trinajstić information content (AvgIpc) is 2.68. The number of amides is 3. The highest BCUT2D eigenvalue weighted by Crippen LogP contribution is 2.18. The van der Waals surface area contributed by atoms with Gasteiger partial charge in [-0.3, -0.25) is 4.79 Å². The predicted molar refractivity (Wildman–Crippen MR) is 113 cm³/mol. The Morgan fingerprint density at radius 3 is 2.19 bits per heavy atom. The maximum absolute atomic E-state index is 12.3. The fraction of sp³-hybridized carbons (Fsp3) is 0.600. The summed E-state index contributed by atoms with van der Waals surface area (Å²) in [5.74, 6) is 0.707. The van der Waals surface area contributed by atoms with E-state index >= 15 is 0 Å². The zero-order valence-corrected chi connectivity index (χ0v) is 17.7. The molecule has 1 aliphatic heterocycles. The lowest BCUT2D eigenvalue weighted by Gasteiger charge is -2.33.